The van der Waals surface area contributed by atoms with Crippen molar-refractivity contribution in [3.8, 4) is 0 Å². The van der Waals surface area contributed by atoms with E-state index in [4.69, 9.17) is 0 Å². The van der Waals surface area contributed by atoms with Gasteiger partial charge in [-0.1, -0.05) is 0 Å². The summed E-state index contributed by atoms with van der Waals surface area (Å²) >= 11 is -0.139. The van der Waals surface area contributed by atoms with Crippen LogP contribution < -0.4 is 24.8 Å². The van der Waals surface area contributed by atoms with Crippen LogP contribution in [0, 0.1) is 0 Å². The summed E-state index contributed by atoms with van der Waals surface area (Å²) in [6, 6.07) is 0. The van der Waals surface area contributed by atoms with Gasteiger partial charge in [0.25, 0.3) is 14.1 Å². The molecule has 0 aliphatic rings. The van der Waals surface area contributed by atoms with Crippen molar-refractivity contribution >= 4 is 14.1 Å². The Labute approximate surface area is 81.8 Å². The van der Waals surface area contributed by atoms with Gasteiger partial charge in [-0.25, -0.2) is 0 Å². The van der Waals surface area contributed by atoms with Gasteiger partial charge in [-0.05, 0) is 0 Å². The van der Waals surface area contributed by atoms with Gasteiger partial charge in [0, 0.05) is 0 Å². The molecule has 4 heteroatoms. The molecular formula is C3H9AlCl2Zr. The van der Waals surface area contributed by atoms with Crippen molar-refractivity contribution in [1.29, 1.82) is 0 Å². The monoisotopic (exact) mass is 232 g/mol. The first-order valence-electron chi connectivity index (χ1n) is 1.73. The number of halogens is 2. The van der Waals surface area contributed by atoms with Crippen molar-refractivity contribution in [2.75, 3.05) is 0 Å². The van der Waals surface area contributed by atoms with Gasteiger partial charge >= 0.3 is 26.2 Å². The minimum absolute atomic E-state index is 0. The summed E-state index contributed by atoms with van der Waals surface area (Å²) < 4.78 is 0. The first-order chi connectivity index (χ1) is 1.73. The topological polar surface area (TPSA) is 0 Å². The standard InChI is InChI=1S/3CH3.Al.2ClH.Zr/h3*1H3;;2*1H;/q;;;;;;+2/p-2. The van der Waals surface area contributed by atoms with Gasteiger partial charge in [-0.3, -0.25) is 0 Å². The molecule has 0 aromatic carbocycles. The predicted octanol–water partition coefficient (Wildman–Crippen LogP) is -4.62. The molecule has 0 unspecified atom stereocenters. The first-order valence-corrected chi connectivity index (χ1v) is 5.20. The molecule has 0 saturated carbocycles. The molecule has 0 bridgehead atoms. The van der Waals surface area contributed by atoms with Gasteiger partial charge < -0.3 is 24.8 Å². The average Bonchev–Trinajstić information content (AvgIpc) is 0.811. The van der Waals surface area contributed by atoms with Crippen molar-refractivity contribution in [3.05, 3.63) is 0 Å². The zero-order valence-electron chi connectivity index (χ0n) is 4.83. The van der Waals surface area contributed by atoms with E-state index in [1.165, 1.54) is 0 Å². The number of rotatable bonds is 0. The van der Waals surface area contributed by atoms with Gasteiger partial charge in [-0.15, -0.1) is 17.4 Å². The summed E-state index contributed by atoms with van der Waals surface area (Å²) in [5, 5.41) is 0. The zero-order valence-corrected chi connectivity index (χ0v) is 9.96. The molecule has 0 nitrogen and oxygen atoms in total. The summed E-state index contributed by atoms with van der Waals surface area (Å²) in [4.78, 5) is 0. The van der Waals surface area contributed by atoms with E-state index in [2.05, 4.69) is 17.4 Å². The normalized spacial score (nSPS) is 3.86. The Morgan fingerprint density at radius 3 is 0.857 bits per heavy atom. The van der Waals surface area contributed by atoms with Crippen molar-refractivity contribution in [3.63, 3.8) is 0 Å². The smallest absolute Gasteiger partial charge is 1.00 e. The van der Waals surface area contributed by atoms with Crippen molar-refractivity contribution in [2.24, 2.45) is 0 Å². The average molecular weight is 234 g/mol. The molecule has 0 radical (unpaired) electrons. The molecule has 0 aliphatic carbocycles. The molecule has 0 aromatic heterocycles. The summed E-state index contributed by atoms with van der Waals surface area (Å²) in [6.45, 7) is 0. The zero-order chi connectivity index (χ0) is 3.58. The van der Waals surface area contributed by atoms with Crippen molar-refractivity contribution in [2.45, 2.75) is 17.4 Å². The fourth-order valence-corrected chi connectivity index (χ4v) is 0. The molecule has 0 N–H and O–H groups in total. The second-order valence-corrected chi connectivity index (χ2v) is 5.20. The third kappa shape index (κ3) is 72.2. The maximum absolute atomic E-state index is 2.31. The van der Waals surface area contributed by atoms with Gasteiger partial charge in [0.05, 0.1) is 0 Å². The molecule has 0 aliphatic heterocycles. The maximum atomic E-state index is 2.31. The summed E-state index contributed by atoms with van der Waals surface area (Å²) in [5.41, 5.74) is 0. The SMILES string of the molecule is [CH3][Al]([CH3])[CH3].[Cl-].[Cl-].[Zr+2]. The molecular weight excluding hydrogens is 225 g/mol. The van der Waals surface area contributed by atoms with Crippen molar-refractivity contribution in [1.82, 2.24) is 0 Å². The van der Waals surface area contributed by atoms with Gasteiger partial charge in [0.2, 0.25) is 0 Å². The number of hydrogen-bond acceptors (Lipinski definition) is 0. The Bertz CT molecular complexity index is 17.7. The molecule has 0 fully saturated rings. The molecule has 0 saturated heterocycles. The third-order valence-electron chi connectivity index (χ3n) is 0. The molecule has 0 amide bonds. The van der Waals surface area contributed by atoms with E-state index in [1.54, 1.807) is 0 Å². The second kappa shape index (κ2) is 15.7. The van der Waals surface area contributed by atoms with E-state index in [0.717, 1.165) is 0 Å². The molecule has 0 spiro atoms. The van der Waals surface area contributed by atoms with Crippen LogP contribution in [0.2, 0.25) is 17.4 Å². The van der Waals surface area contributed by atoms with E-state index in [-0.39, 0.29) is 65.2 Å². The molecule has 42 valence electrons. The Morgan fingerprint density at radius 2 is 0.857 bits per heavy atom. The first kappa shape index (κ1) is 23.0. The molecule has 7 heavy (non-hydrogen) atoms. The molecule has 0 heterocycles. The van der Waals surface area contributed by atoms with E-state index < -0.39 is 0 Å². The van der Waals surface area contributed by atoms with Crippen LogP contribution >= 0.6 is 0 Å². The predicted molar refractivity (Wildman–Crippen MR) is 23.3 cm³/mol. The summed E-state index contributed by atoms with van der Waals surface area (Å²) in [5.74, 6) is 6.92. The molecule has 0 rings (SSSR count). The van der Waals surface area contributed by atoms with Crippen molar-refractivity contribution < 1.29 is 51.0 Å². The largest absolute Gasteiger partial charge is 2.00 e. The fourth-order valence-electron chi connectivity index (χ4n) is 0. The van der Waals surface area contributed by atoms with Crippen LogP contribution in [0.5, 0.6) is 0 Å². The Morgan fingerprint density at radius 1 is 0.857 bits per heavy atom. The Hall–Kier alpha value is 2.00. The van der Waals surface area contributed by atoms with Crippen LogP contribution in [0.3, 0.4) is 0 Å². The van der Waals surface area contributed by atoms with Gasteiger partial charge in [-0.2, -0.15) is 0 Å². The van der Waals surface area contributed by atoms with E-state index in [0.29, 0.717) is 0 Å². The number of hydrogen-bond donors (Lipinski definition) is 0. The third-order valence-corrected chi connectivity index (χ3v) is 0. The van der Waals surface area contributed by atoms with Gasteiger partial charge in [0.15, 0.2) is 0 Å². The van der Waals surface area contributed by atoms with Crippen LogP contribution in [0.4, 0.5) is 0 Å². The summed E-state index contributed by atoms with van der Waals surface area (Å²) in [6.07, 6.45) is 0. The second-order valence-electron chi connectivity index (χ2n) is 1.73. The Kier molecular flexibility index (Phi) is 51.6. The van der Waals surface area contributed by atoms with Crippen LogP contribution in [0.15, 0.2) is 0 Å². The van der Waals surface area contributed by atoms with Gasteiger partial charge in [0.1, 0.15) is 0 Å². The molecule has 0 aromatic rings. The fraction of sp³-hybridized carbons (Fsp3) is 1.00. The Balaban J connectivity index is -0.0000000150. The van der Waals surface area contributed by atoms with E-state index in [1.807, 2.05) is 0 Å². The summed E-state index contributed by atoms with van der Waals surface area (Å²) in [7, 11) is 0. The van der Waals surface area contributed by atoms with Crippen LogP contribution in [-0.2, 0) is 26.2 Å². The van der Waals surface area contributed by atoms with Crippen LogP contribution in [-0.4, -0.2) is 14.1 Å². The van der Waals surface area contributed by atoms with E-state index >= 15 is 0 Å². The minimum atomic E-state index is -0.139. The molecule has 0 atom stereocenters. The quantitative estimate of drug-likeness (QED) is 0.370. The van der Waals surface area contributed by atoms with Crippen LogP contribution in [0.1, 0.15) is 0 Å². The minimum Gasteiger partial charge on any atom is -1.00 e. The van der Waals surface area contributed by atoms with Crippen LogP contribution in [0.25, 0.3) is 0 Å². The van der Waals surface area contributed by atoms with E-state index in [9.17, 15) is 0 Å². The maximum Gasteiger partial charge on any atom is 2.00 e.